The zero-order valence-corrected chi connectivity index (χ0v) is 19.0. The molecule has 0 spiro atoms. The number of nitrogens with zero attached hydrogens (tertiary/aromatic N) is 2. The number of halogens is 1. The number of hydrogen-bond acceptors (Lipinski definition) is 4. The van der Waals surface area contributed by atoms with E-state index in [1.165, 1.54) is 5.56 Å². The number of carbonyl (C=O) groups is 2. The van der Waals surface area contributed by atoms with Gasteiger partial charge in [-0.3, -0.25) is 9.59 Å². The van der Waals surface area contributed by atoms with Crippen molar-refractivity contribution in [3.05, 3.63) is 53.1 Å². The van der Waals surface area contributed by atoms with Crippen molar-refractivity contribution in [3.8, 4) is 5.75 Å². The van der Waals surface area contributed by atoms with Gasteiger partial charge in [-0.1, -0.05) is 37.6 Å². The maximum atomic E-state index is 12.2. The van der Waals surface area contributed by atoms with E-state index in [9.17, 15) is 9.59 Å². The molecule has 2 aromatic carbocycles. The first-order valence-corrected chi connectivity index (χ1v) is 11.2. The van der Waals surface area contributed by atoms with E-state index >= 15 is 0 Å². The van der Waals surface area contributed by atoms with Crippen molar-refractivity contribution < 1.29 is 14.3 Å². The summed E-state index contributed by atoms with van der Waals surface area (Å²) in [6.45, 7) is 6.92. The summed E-state index contributed by atoms with van der Waals surface area (Å²) in [5.74, 6) is 0.638. The van der Waals surface area contributed by atoms with Crippen LogP contribution in [0.2, 0.25) is 5.02 Å². The summed E-state index contributed by atoms with van der Waals surface area (Å²) in [6, 6.07) is 13.2. The lowest BCUT2D eigenvalue weighted by molar-refractivity contribution is -0.131. The molecule has 0 aliphatic carbocycles. The molecule has 1 N–H and O–H groups in total. The SMILES string of the molecule is CCCC(=O)N1CCN(c2ccc(NC(=O)COc3ccc(CC)cc3)cc2Cl)CC1. The van der Waals surface area contributed by atoms with Gasteiger partial charge >= 0.3 is 0 Å². The topological polar surface area (TPSA) is 61.9 Å². The third kappa shape index (κ3) is 6.37. The Morgan fingerprint density at radius 1 is 1.03 bits per heavy atom. The highest BCUT2D eigenvalue weighted by Gasteiger charge is 2.22. The fourth-order valence-corrected chi connectivity index (χ4v) is 3.88. The van der Waals surface area contributed by atoms with Gasteiger partial charge in [-0.2, -0.15) is 0 Å². The van der Waals surface area contributed by atoms with Crippen molar-refractivity contribution in [3.63, 3.8) is 0 Å². The van der Waals surface area contributed by atoms with Crippen molar-refractivity contribution in [1.82, 2.24) is 4.90 Å². The summed E-state index contributed by atoms with van der Waals surface area (Å²) in [5, 5.41) is 3.39. The average Bonchev–Trinajstić information content (AvgIpc) is 2.78. The van der Waals surface area contributed by atoms with Crippen molar-refractivity contribution in [2.24, 2.45) is 0 Å². The first-order chi connectivity index (χ1) is 15.0. The van der Waals surface area contributed by atoms with Crippen LogP contribution in [-0.4, -0.2) is 49.5 Å². The van der Waals surface area contributed by atoms with Crippen LogP contribution in [0.1, 0.15) is 32.3 Å². The lowest BCUT2D eigenvalue weighted by atomic mass is 10.2. The Hall–Kier alpha value is -2.73. The highest BCUT2D eigenvalue weighted by atomic mass is 35.5. The second-order valence-electron chi connectivity index (χ2n) is 7.62. The van der Waals surface area contributed by atoms with Crippen molar-refractivity contribution in [1.29, 1.82) is 0 Å². The second kappa shape index (κ2) is 11.0. The molecule has 3 rings (SSSR count). The number of anilines is 2. The monoisotopic (exact) mass is 443 g/mol. The van der Waals surface area contributed by atoms with Crippen molar-refractivity contribution >= 4 is 34.8 Å². The van der Waals surface area contributed by atoms with Crippen LogP contribution in [0.4, 0.5) is 11.4 Å². The highest BCUT2D eigenvalue weighted by Crippen LogP contribution is 2.29. The Labute approximate surface area is 189 Å². The molecule has 7 heteroatoms. The summed E-state index contributed by atoms with van der Waals surface area (Å²) >= 11 is 6.49. The van der Waals surface area contributed by atoms with Gasteiger partial charge in [0.1, 0.15) is 5.75 Å². The number of rotatable bonds is 8. The van der Waals surface area contributed by atoms with Crippen LogP contribution in [0.15, 0.2) is 42.5 Å². The third-order valence-corrected chi connectivity index (χ3v) is 5.67. The van der Waals surface area contributed by atoms with Gasteiger partial charge in [0.05, 0.1) is 10.7 Å². The molecule has 0 atom stereocenters. The Bertz CT molecular complexity index is 893. The molecule has 1 aliphatic rings. The molecule has 1 saturated heterocycles. The maximum absolute atomic E-state index is 12.2. The summed E-state index contributed by atoms with van der Waals surface area (Å²) < 4.78 is 5.55. The number of hydrogen-bond donors (Lipinski definition) is 1. The van der Waals surface area contributed by atoms with Crippen LogP contribution in [0.3, 0.4) is 0 Å². The van der Waals surface area contributed by atoms with Crippen LogP contribution >= 0.6 is 11.6 Å². The average molecular weight is 444 g/mol. The normalized spacial score (nSPS) is 13.8. The fourth-order valence-electron chi connectivity index (χ4n) is 3.58. The van der Waals surface area contributed by atoms with E-state index in [0.29, 0.717) is 36.0 Å². The Morgan fingerprint density at radius 3 is 2.35 bits per heavy atom. The zero-order chi connectivity index (χ0) is 22.2. The molecule has 0 bridgehead atoms. The first-order valence-electron chi connectivity index (χ1n) is 10.8. The molecule has 1 fully saturated rings. The van der Waals surface area contributed by atoms with Gasteiger partial charge in [-0.15, -0.1) is 0 Å². The van der Waals surface area contributed by atoms with Gasteiger partial charge in [0.15, 0.2) is 6.61 Å². The minimum absolute atomic E-state index is 0.0708. The predicted molar refractivity (Wildman–Crippen MR) is 125 cm³/mol. The van der Waals surface area contributed by atoms with Gasteiger partial charge in [0.2, 0.25) is 5.91 Å². The second-order valence-corrected chi connectivity index (χ2v) is 8.03. The van der Waals surface area contributed by atoms with Gasteiger partial charge in [-0.25, -0.2) is 0 Å². The molecule has 0 radical (unpaired) electrons. The number of nitrogens with one attached hydrogen (secondary N) is 1. The molecule has 0 saturated carbocycles. The van der Waals surface area contributed by atoms with Gasteiger partial charge < -0.3 is 19.9 Å². The Kier molecular flexibility index (Phi) is 8.18. The quantitative estimate of drug-likeness (QED) is 0.658. The first kappa shape index (κ1) is 22.9. The largest absolute Gasteiger partial charge is 0.484 e. The minimum atomic E-state index is -0.244. The van der Waals surface area contributed by atoms with Crippen LogP contribution in [0.5, 0.6) is 5.75 Å². The molecule has 31 heavy (non-hydrogen) atoms. The van der Waals surface area contributed by atoms with E-state index in [1.807, 2.05) is 48.2 Å². The smallest absolute Gasteiger partial charge is 0.262 e. The maximum Gasteiger partial charge on any atom is 0.262 e. The molecular weight excluding hydrogens is 414 g/mol. The number of piperazine rings is 1. The van der Waals surface area contributed by atoms with Crippen molar-refractivity contribution in [2.45, 2.75) is 33.1 Å². The summed E-state index contributed by atoms with van der Waals surface area (Å²) in [7, 11) is 0. The highest BCUT2D eigenvalue weighted by molar-refractivity contribution is 6.33. The molecule has 0 unspecified atom stereocenters. The van der Waals surface area contributed by atoms with E-state index < -0.39 is 0 Å². The molecule has 2 amide bonds. The lowest BCUT2D eigenvalue weighted by Gasteiger charge is -2.36. The van der Waals surface area contributed by atoms with E-state index in [2.05, 4.69) is 17.1 Å². The molecule has 2 aromatic rings. The molecule has 6 nitrogen and oxygen atoms in total. The van der Waals surface area contributed by atoms with Gasteiger partial charge in [0, 0.05) is 38.3 Å². The predicted octanol–water partition coefficient (Wildman–Crippen LogP) is 4.37. The minimum Gasteiger partial charge on any atom is -0.484 e. The molecule has 0 aromatic heterocycles. The van der Waals surface area contributed by atoms with E-state index in [4.69, 9.17) is 16.3 Å². The van der Waals surface area contributed by atoms with E-state index in [1.54, 1.807) is 6.07 Å². The van der Waals surface area contributed by atoms with Crippen molar-refractivity contribution in [2.75, 3.05) is 43.0 Å². The summed E-state index contributed by atoms with van der Waals surface area (Å²) in [4.78, 5) is 28.4. The number of ether oxygens (including phenoxy) is 1. The Balaban J connectivity index is 1.51. The standard InChI is InChI=1S/C24H30ClN3O3/c1-3-5-24(30)28-14-12-27(13-15-28)22-11-8-19(16-21(22)25)26-23(29)17-31-20-9-6-18(4-2)7-10-20/h6-11,16H,3-5,12-15,17H2,1-2H3,(H,26,29). The summed E-state index contributed by atoms with van der Waals surface area (Å²) in [6.07, 6.45) is 2.43. The number of carbonyl (C=O) groups excluding carboxylic acids is 2. The van der Waals surface area contributed by atoms with Gasteiger partial charge in [-0.05, 0) is 48.7 Å². The zero-order valence-electron chi connectivity index (χ0n) is 18.2. The fraction of sp³-hybridized carbons (Fsp3) is 0.417. The van der Waals surface area contributed by atoms with Crippen LogP contribution in [-0.2, 0) is 16.0 Å². The number of aryl methyl sites for hydroxylation is 1. The summed E-state index contributed by atoms with van der Waals surface area (Å²) in [5.41, 5.74) is 2.76. The lowest BCUT2D eigenvalue weighted by Crippen LogP contribution is -2.48. The van der Waals surface area contributed by atoms with E-state index in [-0.39, 0.29) is 18.4 Å². The van der Waals surface area contributed by atoms with Crippen LogP contribution < -0.4 is 15.0 Å². The number of amides is 2. The van der Waals surface area contributed by atoms with Gasteiger partial charge in [0.25, 0.3) is 5.91 Å². The molecule has 1 heterocycles. The van der Waals surface area contributed by atoms with E-state index in [0.717, 1.165) is 31.6 Å². The Morgan fingerprint density at radius 2 is 1.74 bits per heavy atom. The number of benzene rings is 2. The molecule has 1 aliphatic heterocycles. The van der Waals surface area contributed by atoms with Crippen LogP contribution in [0, 0.1) is 0 Å². The third-order valence-electron chi connectivity index (χ3n) is 5.37. The van der Waals surface area contributed by atoms with Crippen LogP contribution in [0.25, 0.3) is 0 Å². The molecule has 166 valence electrons. The molecular formula is C24H30ClN3O3.